The molecular weight excluding hydrogens is 164 g/mol. The van der Waals surface area contributed by atoms with Crippen molar-refractivity contribution in [1.82, 2.24) is 5.48 Å². The van der Waals surface area contributed by atoms with Crippen LogP contribution in [0.4, 0.5) is 8.78 Å². The topological polar surface area (TPSA) is 21.3 Å². The average Bonchev–Trinajstić information content (AvgIpc) is 2.06. The Labute approximate surface area is 69.1 Å². The van der Waals surface area contributed by atoms with Crippen LogP contribution in [0.5, 0.6) is 0 Å². The lowest BCUT2D eigenvalue weighted by Crippen LogP contribution is -2.24. The summed E-state index contributed by atoms with van der Waals surface area (Å²) in [6, 6.07) is 7.33. The van der Waals surface area contributed by atoms with Crippen LogP contribution in [0.15, 0.2) is 30.3 Å². The van der Waals surface area contributed by atoms with Gasteiger partial charge in [0.2, 0.25) is 0 Å². The summed E-state index contributed by atoms with van der Waals surface area (Å²) in [6.45, 7) is 0. The van der Waals surface area contributed by atoms with Gasteiger partial charge in [0.25, 0.3) is 0 Å². The Morgan fingerprint density at radius 3 is 2.33 bits per heavy atom. The van der Waals surface area contributed by atoms with E-state index in [-0.39, 0.29) is 5.56 Å². The molecule has 12 heavy (non-hydrogen) atoms. The first-order valence-electron chi connectivity index (χ1n) is 3.45. The van der Waals surface area contributed by atoms with Gasteiger partial charge in [0.1, 0.15) is 0 Å². The van der Waals surface area contributed by atoms with Gasteiger partial charge in [0, 0.05) is 7.05 Å². The summed E-state index contributed by atoms with van der Waals surface area (Å²) in [5.74, 6) is 0. The largest absolute Gasteiger partial charge is 0.398 e. The first-order chi connectivity index (χ1) is 5.67. The van der Waals surface area contributed by atoms with Crippen LogP contribution in [0, 0.1) is 0 Å². The SMILES string of the molecule is CNOC(F)(F)c1ccccc1. The quantitative estimate of drug-likeness (QED) is 0.705. The van der Waals surface area contributed by atoms with Crippen molar-refractivity contribution in [1.29, 1.82) is 0 Å². The van der Waals surface area contributed by atoms with Crippen LogP contribution in [0.2, 0.25) is 0 Å². The monoisotopic (exact) mass is 173 g/mol. The molecule has 0 bridgehead atoms. The fourth-order valence-electron chi connectivity index (χ4n) is 0.819. The molecule has 1 aromatic rings. The molecule has 0 radical (unpaired) electrons. The molecule has 66 valence electrons. The molecule has 0 aliphatic rings. The van der Waals surface area contributed by atoms with Gasteiger partial charge >= 0.3 is 6.11 Å². The van der Waals surface area contributed by atoms with Gasteiger partial charge in [0.15, 0.2) is 0 Å². The maximum Gasteiger partial charge on any atom is 0.398 e. The van der Waals surface area contributed by atoms with Crippen molar-refractivity contribution in [2.45, 2.75) is 6.11 Å². The molecule has 0 amide bonds. The average molecular weight is 173 g/mol. The Kier molecular flexibility index (Phi) is 2.73. The van der Waals surface area contributed by atoms with Crippen molar-refractivity contribution in [2.24, 2.45) is 0 Å². The van der Waals surface area contributed by atoms with Crippen LogP contribution in [0.25, 0.3) is 0 Å². The van der Waals surface area contributed by atoms with Crippen LogP contribution >= 0.6 is 0 Å². The second-order valence-corrected chi connectivity index (χ2v) is 2.19. The van der Waals surface area contributed by atoms with Crippen LogP contribution in [-0.2, 0) is 10.9 Å². The van der Waals surface area contributed by atoms with Gasteiger partial charge in [-0.05, 0) is 0 Å². The molecule has 2 nitrogen and oxygen atoms in total. The highest BCUT2D eigenvalue weighted by Gasteiger charge is 2.32. The fourth-order valence-corrected chi connectivity index (χ4v) is 0.819. The molecule has 0 aliphatic heterocycles. The number of halogens is 2. The molecule has 0 atom stereocenters. The number of hydroxylamine groups is 1. The van der Waals surface area contributed by atoms with E-state index >= 15 is 0 Å². The van der Waals surface area contributed by atoms with E-state index in [0.717, 1.165) is 0 Å². The summed E-state index contributed by atoms with van der Waals surface area (Å²) in [7, 11) is 1.29. The summed E-state index contributed by atoms with van der Waals surface area (Å²) in [5.41, 5.74) is 1.79. The van der Waals surface area contributed by atoms with E-state index in [1.807, 2.05) is 5.48 Å². The zero-order valence-electron chi connectivity index (χ0n) is 6.55. The van der Waals surface area contributed by atoms with Crippen molar-refractivity contribution in [3.05, 3.63) is 35.9 Å². The van der Waals surface area contributed by atoms with Gasteiger partial charge in [-0.1, -0.05) is 30.3 Å². The van der Waals surface area contributed by atoms with Crippen molar-refractivity contribution in [2.75, 3.05) is 7.05 Å². The molecule has 0 saturated heterocycles. The van der Waals surface area contributed by atoms with Gasteiger partial charge in [0.05, 0.1) is 5.56 Å². The molecule has 0 aliphatic carbocycles. The summed E-state index contributed by atoms with van der Waals surface area (Å²) in [6.07, 6.45) is -3.27. The number of benzene rings is 1. The maximum atomic E-state index is 12.9. The minimum Gasteiger partial charge on any atom is -0.229 e. The standard InChI is InChI=1S/C8H9F2NO/c1-11-12-8(9,10)7-5-3-2-4-6-7/h2-6,11H,1H3. The molecule has 4 heteroatoms. The number of hydrogen-bond donors (Lipinski definition) is 1. The molecule has 1 rings (SSSR count). The molecule has 0 spiro atoms. The van der Waals surface area contributed by atoms with Gasteiger partial charge < -0.3 is 0 Å². The molecule has 1 N–H and O–H groups in total. The van der Waals surface area contributed by atoms with Crippen molar-refractivity contribution < 1.29 is 13.6 Å². The van der Waals surface area contributed by atoms with E-state index in [1.165, 1.54) is 31.3 Å². The van der Waals surface area contributed by atoms with Crippen molar-refractivity contribution in [3.8, 4) is 0 Å². The Hall–Kier alpha value is -1.00. The third kappa shape index (κ3) is 1.99. The van der Waals surface area contributed by atoms with Crippen LogP contribution < -0.4 is 5.48 Å². The zero-order valence-corrected chi connectivity index (χ0v) is 6.55. The first-order valence-corrected chi connectivity index (χ1v) is 3.45. The minimum atomic E-state index is -3.27. The van der Waals surface area contributed by atoms with Crippen molar-refractivity contribution in [3.63, 3.8) is 0 Å². The van der Waals surface area contributed by atoms with Crippen molar-refractivity contribution >= 4 is 0 Å². The highest BCUT2D eigenvalue weighted by atomic mass is 19.3. The van der Waals surface area contributed by atoms with E-state index in [4.69, 9.17) is 0 Å². The van der Waals surface area contributed by atoms with E-state index in [1.54, 1.807) is 6.07 Å². The lowest BCUT2D eigenvalue weighted by atomic mass is 10.2. The second-order valence-electron chi connectivity index (χ2n) is 2.19. The van der Waals surface area contributed by atoms with Gasteiger partial charge in [-0.3, -0.25) is 0 Å². The number of alkyl halides is 2. The summed E-state index contributed by atoms with van der Waals surface area (Å²) in [5, 5.41) is 0. The van der Waals surface area contributed by atoms with E-state index in [2.05, 4.69) is 4.84 Å². The van der Waals surface area contributed by atoms with Crippen LogP contribution in [0.3, 0.4) is 0 Å². The normalized spacial score (nSPS) is 11.6. The van der Waals surface area contributed by atoms with Gasteiger partial charge in [-0.15, -0.1) is 0 Å². The van der Waals surface area contributed by atoms with E-state index in [0.29, 0.717) is 0 Å². The van der Waals surface area contributed by atoms with E-state index < -0.39 is 6.11 Å². The predicted octanol–water partition coefficient (Wildman–Crippen LogP) is 1.89. The Morgan fingerprint density at radius 2 is 1.83 bits per heavy atom. The molecule has 0 saturated carbocycles. The molecule has 0 unspecified atom stereocenters. The predicted molar refractivity (Wildman–Crippen MR) is 40.5 cm³/mol. The first kappa shape index (κ1) is 9.09. The lowest BCUT2D eigenvalue weighted by molar-refractivity contribution is -0.278. The summed E-state index contributed by atoms with van der Waals surface area (Å²) in [4.78, 5) is 4.03. The Morgan fingerprint density at radius 1 is 1.25 bits per heavy atom. The molecule has 0 heterocycles. The summed E-state index contributed by atoms with van der Waals surface area (Å²) >= 11 is 0. The Bertz CT molecular complexity index is 238. The Balaban J connectivity index is 2.82. The smallest absolute Gasteiger partial charge is 0.229 e. The third-order valence-electron chi connectivity index (χ3n) is 1.34. The molecule has 0 aromatic heterocycles. The minimum absolute atomic E-state index is 0.167. The molecule has 1 aromatic carbocycles. The van der Waals surface area contributed by atoms with E-state index in [9.17, 15) is 8.78 Å². The lowest BCUT2D eigenvalue weighted by Gasteiger charge is -2.14. The molecule has 0 fully saturated rings. The second kappa shape index (κ2) is 3.60. The third-order valence-corrected chi connectivity index (χ3v) is 1.34. The maximum absolute atomic E-state index is 12.9. The number of rotatable bonds is 3. The number of nitrogens with one attached hydrogen (secondary N) is 1. The van der Waals surface area contributed by atoms with Crippen LogP contribution in [0.1, 0.15) is 5.56 Å². The van der Waals surface area contributed by atoms with Crippen LogP contribution in [-0.4, -0.2) is 7.05 Å². The summed E-state index contributed by atoms with van der Waals surface area (Å²) < 4.78 is 25.7. The number of hydrogen-bond acceptors (Lipinski definition) is 2. The highest BCUT2D eigenvalue weighted by molar-refractivity contribution is 5.17. The van der Waals surface area contributed by atoms with Gasteiger partial charge in [-0.2, -0.15) is 14.3 Å². The zero-order chi connectivity index (χ0) is 9.03. The highest BCUT2D eigenvalue weighted by Crippen LogP contribution is 2.27. The van der Waals surface area contributed by atoms with Gasteiger partial charge in [-0.25, -0.2) is 4.84 Å². The molecular formula is C8H9F2NO. The fraction of sp³-hybridized carbons (Fsp3) is 0.250.